The number of anilines is 1. The van der Waals surface area contributed by atoms with Gasteiger partial charge in [-0.15, -0.1) is 0 Å². The summed E-state index contributed by atoms with van der Waals surface area (Å²) in [7, 11) is 1.55. The highest BCUT2D eigenvalue weighted by molar-refractivity contribution is 5.95. The molecule has 0 heterocycles. The van der Waals surface area contributed by atoms with Crippen LogP contribution in [0.1, 0.15) is 12.0 Å². The van der Waals surface area contributed by atoms with Gasteiger partial charge in [0.05, 0.1) is 11.7 Å². The third-order valence-corrected chi connectivity index (χ3v) is 2.38. The normalized spacial score (nSPS) is 12.2. The number of nitrogens with one attached hydrogen (secondary N) is 1. The molecule has 1 amide bonds. The van der Waals surface area contributed by atoms with Gasteiger partial charge in [0.1, 0.15) is 5.75 Å². The summed E-state index contributed by atoms with van der Waals surface area (Å²) in [6, 6.07) is 4.34. The number of nitrogens with two attached hydrogens (primary N) is 1. The molecule has 5 nitrogen and oxygen atoms in total. The third-order valence-electron chi connectivity index (χ3n) is 2.38. The van der Waals surface area contributed by atoms with Crippen LogP contribution in [0.15, 0.2) is 18.2 Å². The fourth-order valence-corrected chi connectivity index (χ4v) is 1.35. The first-order valence-corrected chi connectivity index (χ1v) is 5.39. The number of hydrogen-bond donors (Lipinski definition) is 3. The number of carbonyl (C=O) groups excluding carboxylic acids is 1. The highest BCUT2D eigenvalue weighted by Gasteiger charge is 2.14. The average Bonchev–Trinajstić information content (AvgIpc) is 2.30. The number of carbonyl (C=O) groups is 1. The second-order valence-electron chi connectivity index (χ2n) is 3.90. The summed E-state index contributed by atoms with van der Waals surface area (Å²) in [5, 5.41) is 12.2. The van der Waals surface area contributed by atoms with E-state index in [2.05, 4.69) is 5.32 Å². The van der Waals surface area contributed by atoms with Crippen LogP contribution < -0.4 is 11.1 Å². The molecule has 0 radical (unpaired) electrons. The molecule has 0 saturated carbocycles. The standard InChI is InChI=1S/C12H18N2O3/c1-8-3-4-11(15)10(7-8)14-12(16)9(13)5-6-17-2/h3-4,7,9,15H,5-6,13H2,1-2H3,(H,14,16). The van der Waals surface area contributed by atoms with Gasteiger partial charge in [0.2, 0.25) is 5.91 Å². The Morgan fingerprint density at radius 3 is 2.94 bits per heavy atom. The molecule has 1 unspecified atom stereocenters. The van der Waals surface area contributed by atoms with Gasteiger partial charge in [-0.1, -0.05) is 6.07 Å². The minimum atomic E-state index is -0.644. The molecular weight excluding hydrogens is 220 g/mol. The Kier molecular flexibility index (Phi) is 4.93. The maximum absolute atomic E-state index is 11.7. The summed E-state index contributed by atoms with van der Waals surface area (Å²) in [6.07, 6.45) is 0.439. The Bertz CT molecular complexity index is 393. The Balaban J connectivity index is 2.64. The number of phenolic OH excluding ortho intramolecular Hbond substituents is 1. The highest BCUT2D eigenvalue weighted by atomic mass is 16.5. The van der Waals surface area contributed by atoms with E-state index in [4.69, 9.17) is 10.5 Å². The summed E-state index contributed by atoms with van der Waals surface area (Å²) in [6.45, 7) is 2.30. The van der Waals surface area contributed by atoms with Crippen molar-refractivity contribution in [2.75, 3.05) is 19.0 Å². The smallest absolute Gasteiger partial charge is 0.241 e. The van der Waals surface area contributed by atoms with E-state index in [0.717, 1.165) is 5.56 Å². The van der Waals surface area contributed by atoms with Crippen molar-refractivity contribution in [3.05, 3.63) is 23.8 Å². The number of benzene rings is 1. The van der Waals surface area contributed by atoms with E-state index in [1.54, 1.807) is 19.2 Å². The number of aryl methyl sites for hydroxylation is 1. The molecule has 1 aromatic rings. The fourth-order valence-electron chi connectivity index (χ4n) is 1.35. The summed E-state index contributed by atoms with van der Waals surface area (Å²) in [5.41, 5.74) is 6.99. The van der Waals surface area contributed by atoms with Crippen LogP contribution >= 0.6 is 0 Å². The molecule has 1 atom stereocenters. The van der Waals surface area contributed by atoms with Gasteiger partial charge in [0.15, 0.2) is 0 Å². The molecule has 1 rings (SSSR count). The van der Waals surface area contributed by atoms with Crippen molar-refractivity contribution in [1.29, 1.82) is 0 Å². The Morgan fingerprint density at radius 1 is 1.59 bits per heavy atom. The Labute approximate surface area is 101 Å². The van der Waals surface area contributed by atoms with Gasteiger partial charge in [-0.25, -0.2) is 0 Å². The van der Waals surface area contributed by atoms with Crippen molar-refractivity contribution in [3.63, 3.8) is 0 Å². The molecule has 4 N–H and O–H groups in total. The first kappa shape index (κ1) is 13.5. The van der Waals surface area contributed by atoms with E-state index in [-0.39, 0.29) is 11.7 Å². The van der Waals surface area contributed by atoms with Crippen LogP contribution in [0, 0.1) is 6.92 Å². The van der Waals surface area contributed by atoms with Crippen LogP contribution in [0.5, 0.6) is 5.75 Å². The van der Waals surface area contributed by atoms with Crippen LogP contribution in [0.3, 0.4) is 0 Å². The topological polar surface area (TPSA) is 84.6 Å². The van der Waals surface area contributed by atoms with Gasteiger partial charge < -0.3 is 20.9 Å². The van der Waals surface area contributed by atoms with Gasteiger partial charge in [-0.05, 0) is 31.0 Å². The van der Waals surface area contributed by atoms with Crippen LogP contribution in [0.2, 0.25) is 0 Å². The molecule has 0 aliphatic carbocycles. The molecule has 0 aliphatic heterocycles. The number of methoxy groups -OCH3 is 1. The predicted octanol–water partition coefficient (Wildman–Crippen LogP) is 1.00. The lowest BCUT2D eigenvalue weighted by molar-refractivity contribution is -0.117. The molecule has 0 saturated heterocycles. The lowest BCUT2D eigenvalue weighted by Crippen LogP contribution is -2.36. The number of aromatic hydroxyl groups is 1. The van der Waals surface area contributed by atoms with E-state index in [0.29, 0.717) is 18.7 Å². The molecule has 17 heavy (non-hydrogen) atoms. The first-order valence-electron chi connectivity index (χ1n) is 5.39. The lowest BCUT2D eigenvalue weighted by atomic mass is 10.1. The number of phenols is 1. The van der Waals surface area contributed by atoms with Crippen LogP contribution in [0.4, 0.5) is 5.69 Å². The fraction of sp³-hybridized carbons (Fsp3) is 0.417. The SMILES string of the molecule is COCCC(N)C(=O)Nc1cc(C)ccc1O. The maximum Gasteiger partial charge on any atom is 0.241 e. The van der Waals surface area contributed by atoms with Gasteiger partial charge >= 0.3 is 0 Å². The monoisotopic (exact) mass is 238 g/mol. The maximum atomic E-state index is 11.7. The van der Waals surface area contributed by atoms with E-state index in [1.165, 1.54) is 6.07 Å². The van der Waals surface area contributed by atoms with E-state index in [1.807, 2.05) is 6.92 Å². The van der Waals surface area contributed by atoms with Gasteiger partial charge in [0.25, 0.3) is 0 Å². The minimum absolute atomic E-state index is 0.0305. The van der Waals surface area contributed by atoms with E-state index >= 15 is 0 Å². The molecule has 0 fully saturated rings. The molecule has 1 aromatic carbocycles. The number of ether oxygens (including phenoxy) is 1. The van der Waals surface area contributed by atoms with Crippen molar-refractivity contribution in [1.82, 2.24) is 0 Å². The molecule has 0 aromatic heterocycles. The van der Waals surface area contributed by atoms with Crippen molar-refractivity contribution in [3.8, 4) is 5.75 Å². The van der Waals surface area contributed by atoms with Gasteiger partial charge in [-0.2, -0.15) is 0 Å². The van der Waals surface area contributed by atoms with Crippen molar-refractivity contribution >= 4 is 11.6 Å². The van der Waals surface area contributed by atoms with Gasteiger partial charge in [-0.3, -0.25) is 4.79 Å². The highest BCUT2D eigenvalue weighted by Crippen LogP contribution is 2.23. The van der Waals surface area contributed by atoms with Crippen molar-refractivity contribution < 1.29 is 14.6 Å². The largest absolute Gasteiger partial charge is 0.506 e. The minimum Gasteiger partial charge on any atom is -0.506 e. The number of amides is 1. The second-order valence-corrected chi connectivity index (χ2v) is 3.90. The number of rotatable bonds is 5. The van der Waals surface area contributed by atoms with Crippen molar-refractivity contribution in [2.45, 2.75) is 19.4 Å². The Morgan fingerprint density at radius 2 is 2.29 bits per heavy atom. The second kappa shape index (κ2) is 6.22. The quantitative estimate of drug-likeness (QED) is 0.668. The van der Waals surface area contributed by atoms with Gasteiger partial charge in [0, 0.05) is 13.7 Å². The zero-order valence-electron chi connectivity index (χ0n) is 10.1. The first-order chi connectivity index (χ1) is 8.04. The predicted molar refractivity (Wildman–Crippen MR) is 65.9 cm³/mol. The van der Waals surface area contributed by atoms with E-state index in [9.17, 15) is 9.90 Å². The molecule has 0 spiro atoms. The molecule has 94 valence electrons. The summed E-state index contributed by atoms with van der Waals surface area (Å²) in [4.78, 5) is 11.7. The van der Waals surface area contributed by atoms with Crippen LogP contribution in [0.25, 0.3) is 0 Å². The molecular formula is C12H18N2O3. The molecule has 0 aliphatic rings. The zero-order valence-corrected chi connectivity index (χ0v) is 10.1. The summed E-state index contributed by atoms with van der Waals surface area (Å²) < 4.78 is 4.85. The zero-order chi connectivity index (χ0) is 12.8. The van der Waals surface area contributed by atoms with Crippen molar-refractivity contribution in [2.24, 2.45) is 5.73 Å². The summed E-state index contributed by atoms with van der Waals surface area (Å²) >= 11 is 0. The third kappa shape index (κ3) is 4.05. The van der Waals surface area contributed by atoms with Crippen LogP contribution in [-0.4, -0.2) is 30.8 Å². The summed E-state index contributed by atoms with van der Waals surface area (Å²) in [5.74, 6) is -0.300. The number of hydrogen-bond acceptors (Lipinski definition) is 4. The average molecular weight is 238 g/mol. The lowest BCUT2D eigenvalue weighted by Gasteiger charge is -2.13. The molecule has 5 heteroatoms. The molecule has 0 bridgehead atoms. The van der Waals surface area contributed by atoms with Crippen LogP contribution in [-0.2, 0) is 9.53 Å². The van der Waals surface area contributed by atoms with E-state index < -0.39 is 6.04 Å². The Hall–Kier alpha value is -1.59.